The summed E-state index contributed by atoms with van der Waals surface area (Å²) in [6.07, 6.45) is 3.91. The first-order valence-corrected chi connectivity index (χ1v) is 3.59. The molecule has 0 unspecified atom stereocenters. The van der Waals surface area contributed by atoms with Gasteiger partial charge in [0.2, 0.25) is 0 Å². The number of ether oxygens (including phenoxy) is 2. The van der Waals surface area contributed by atoms with Crippen LogP contribution in [0.2, 0.25) is 0 Å². The van der Waals surface area contributed by atoms with Crippen LogP contribution in [0.4, 0.5) is 0 Å². The fraction of sp³-hybridized carbons (Fsp3) is 0.750. The Kier molecular flexibility index (Phi) is 8.37. The molecule has 0 N–H and O–H groups in total. The third-order valence-corrected chi connectivity index (χ3v) is 1.12. The van der Waals surface area contributed by atoms with E-state index in [0.717, 1.165) is 26.1 Å². The van der Waals surface area contributed by atoms with Crippen LogP contribution in [0.5, 0.6) is 0 Å². The fourth-order valence-electron chi connectivity index (χ4n) is 0.617. The Bertz CT molecular complexity index is 71.7. The zero-order valence-electron chi connectivity index (χ0n) is 6.64. The molecule has 0 aromatic carbocycles. The Morgan fingerprint density at radius 3 is 2.60 bits per heavy atom. The van der Waals surface area contributed by atoms with E-state index in [1.807, 2.05) is 0 Å². The van der Waals surface area contributed by atoms with Gasteiger partial charge in [-0.3, -0.25) is 0 Å². The van der Waals surface area contributed by atoms with E-state index in [4.69, 9.17) is 9.47 Å². The molecule has 0 atom stereocenters. The van der Waals surface area contributed by atoms with Gasteiger partial charge in [0.15, 0.2) is 0 Å². The molecule has 10 heavy (non-hydrogen) atoms. The van der Waals surface area contributed by atoms with Crippen molar-refractivity contribution in [2.75, 3.05) is 26.9 Å². The van der Waals surface area contributed by atoms with E-state index in [-0.39, 0.29) is 0 Å². The molecule has 2 nitrogen and oxygen atoms in total. The molecule has 0 aliphatic rings. The number of unbranched alkanes of at least 4 members (excludes halogenated alkanes) is 1. The van der Waals surface area contributed by atoms with Crippen LogP contribution >= 0.6 is 0 Å². The van der Waals surface area contributed by atoms with Crippen molar-refractivity contribution in [3.8, 4) is 0 Å². The minimum absolute atomic E-state index is 0.660. The van der Waals surface area contributed by atoms with Crippen LogP contribution in [0, 0.1) is 0 Å². The average molecular weight is 144 g/mol. The minimum Gasteiger partial charge on any atom is -0.385 e. The van der Waals surface area contributed by atoms with Crippen LogP contribution in [0.3, 0.4) is 0 Å². The summed E-state index contributed by atoms with van der Waals surface area (Å²) in [6, 6.07) is 0. The Labute approximate surface area is 62.8 Å². The monoisotopic (exact) mass is 144 g/mol. The molecular weight excluding hydrogens is 128 g/mol. The lowest BCUT2D eigenvalue weighted by atomic mass is 10.3. The van der Waals surface area contributed by atoms with E-state index in [0.29, 0.717) is 6.61 Å². The van der Waals surface area contributed by atoms with Gasteiger partial charge in [-0.1, -0.05) is 6.08 Å². The van der Waals surface area contributed by atoms with Gasteiger partial charge < -0.3 is 9.47 Å². The van der Waals surface area contributed by atoms with Crippen LogP contribution in [0.25, 0.3) is 0 Å². The lowest BCUT2D eigenvalue weighted by molar-refractivity contribution is 0.139. The van der Waals surface area contributed by atoms with Gasteiger partial charge in [-0.25, -0.2) is 0 Å². The third kappa shape index (κ3) is 7.66. The van der Waals surface area contributed by atoms with Gasteiger partial charge in [-0.05, 0) is 12.8 Å². The van der Waals surface area contributed by atoms with Gasteiger partial charge in [-0.15, -0.1) is 6.58 Å². The summed E-state index contributed by atoms with van der Waals surface area (Å²) < 4.78 is 10.0. The molecule has 0 radical (unpaired) electrons. The zero-order chi connectivity index (χ0) is 7.66. The van der Waals surface area contributed by atoms with Crippen molar-refractivity contribution in [3.63, 3.8) is 0 Å². The minimum atomic E-state index is 0.660. The lowest BCUT2D eigenvalue weighted by Crippen LogP contribution is -1.96. The van der Waals surface area contributed by atoms with Crippen molar-refractivity contribution >= 4 is 0 Å². The quantitative estimate of drug-likeness (QED) is 0.399. The summed E-state index contributed by atoms with van der Waals surface area (Å²) in [4.78, 5) is 0. The molecule has 0 aliphatic carbocycles. The highest BCUT2D eigenvalue weighted by atomic mass is 16.5. The van der Waals surface area contributed by atoms with Gasteiger partial charge in [0.05, 0.1) is 6.61 Å². The summed E-state index contributed by atoms with van der Waals surface area (Å²) in [5.41, 5.74) is 0. The fourth-order valence-corrected chi connectivity index (χ4v) is 0.617. The Morgan fingerprint density at radius 1 is 1.30 bits per heavy atom. The van der Waals surface area contributed by atoms with E-state index in [9.17, 15) is 0 Å². The van der Waals surface area contributed by atoms with Crippen LogP contribution in [0.1, 0.15) is 12.8 Å². The van der Waals surface area contributed by atoms with Gasteiger partial charge in [0, 0.05) is 20.3 Å². The molecule has 2 heteroatoms. The predicted octanol–water partition coefficient (Wildman–Crippen LogP) is 1.62. The maximum absolute atomic E-state index is 5.16. The van der Waals surface area contributed by atoms with Gasteiger partial charge in [-0.2, -0.15) is 0 Å². The first-order chi connectivity index (χ1) is 4.91. The van der Waals surface area contributed by atoms with E-state index in [1.54, 1.807) is 13.2 Å². The first kappa shape index (κ1) is 9.66. The second kappa shape index (κ2) is 8.66. The Balaban J connectivity index is 2.70. The maximum Gasteiger partial charge on any atom is 0.0644 e. The molecule has 0 aromatic heterocycles. The van der Waals surface area contributed by atoms with Crippen molar-refractivity contribution in [1.29, 1.82) is 0 Å². The summed E-state index contributed by atoms with van der Waals surface area (Å²) in [6.45, 7) is 5.85. The SMILES string of the molecule is C=CCOCCCCOC. The normalized spacial score (nSPS) is 9.70. The van der Waals surface area contributed by atoms with E-state index in [1.165, 1.54) is 0 Å². The Morgan fingerprint density at radius 2 is 2.00 bits per heavy atom. The van der Waals surface area contributed by atoms with Crippen molar-refractivity contribution in [2.45, 2.75) is 12.8 Å². The summed E-state index contributed by atoms with van der Waals surface area (Å²) >= 11 is 0. The molecule has 0 fully saturated rings. The molecule has 0 amide bonds. The van der Waals surface area contributed by atoms with Gasteiger partial charge in [0.1, 0.15) is 0 Å². The van der Waals surface area contributed by atoms with Crippen molar-refractivity contribution in [2.24, 2.45) is 0 Å². The molecule has 0 bridgehead atoms. The summed E-state index contributed by atoms with van der Waals surface area (Å²) in [5, 5.41) is 0. The van der Waals surface area contributed by atoms with Crippen LogP contribution in [-0.2, 0) is 9.47 Å². The highest BCUT2D eigenvalue weighted by Crippen LogP contribution is 1.89. The van der Waals surface area contributed by atoms with Gasteiger partial charge in [0.25, 0.3) is 0 Å². The van der Waals surface area contributed by atoms with Crippen molar-refractivity contribution < 1.29 is 9.47 Å². The van der Waals surface area contributed by atoms with E-state index >= 15 is 0 Å². The molecule has 0 saturated heterocycles. The first-order valence-electron chi connectivity index (χ1n) is 3.59. The Hall–Kier alpha value is -0.340. The number of rotatable bonds is 7. The summed E-state index contributed by atoms with van der Waals surface area (Å²) in [5.74, 6) is 0. The molecule has 0 heterocycles. The molecule has 0 aromatic rings. The van der Waals surface area contributed by atoms with Crippen LogP contribution < -0.4 is 0 Å². The topological polar surface area (TPSA) is 18.5 Å². The average Bonchev–Trinajstić information content (AvgIpc) is 1.97. The molecule has 60 valence electrons. The summed E-state index contributed by atoms with van der Waals surface area (Å²) in [7, 11) is 1.71. The molecule has 0 aliphatic heterocycles. The van der Waals surface area contributed by atoms with E-state index in [2.05, 4.69) is 6.58 Å². The molecule has 0 spiro atoms. The smallest absolute Gasteiger partial charge is 0.0644 e. The van der Waals surface area contributed by atoms with Crippen LogP contribution in [-0.4, -0.2) is 26.9 Å². The van der Waals surface area contributed by atoms with Crippen molar-refractivity contribution in [1.82, 2.24) is 0 Å². The predicted molar refractivity (Wildman–Crippen MR) is 42.1 cm³/mol. The van der Waals surface area contributed by atoms with Crippen molar-refractivity contribution in [3.05, 3.63) is 12.7 Å². The zero-order valence-corrected chi connectivity index (χ0v) is 6.64. The number of methoxy groups -OCH3 is 1. The van der Waals surface area contributed by atoms with E-state index < -0.39 is 0 Å². The maximum atomic E-state index is 5.16. The van der Waals surface area contributed by atoms with Gasteiger partial charge >= 0.3 is 0 Å². The second-order valence-corrected chi connectivity index (χ2v) is 2.06. The highest BCUT2D eigenvalue weighted by molar-refractivity contribution is 4.63. The molecule has 0 saturated carbocycles. The molecular formula is C8H16O2. The number of hydrogen-bond acceptors (Lipinski definition) is 2. The lowest BCUT2D eigenvalue weighted by Gasteiger charge is -1.99. The second-order valence-electron chi connectivity index (χ2n) is 2.06. The standard InChI is InChI=1S/C8H16O2/c1-3-6-10-8-5-4-7-9-2/h3H,1,4-8H2,2H3. The largest absolute Gasteiger partial charge is 0.385 e. The molecule has 0 rings (SSSR count). The third-order valence-electron chi connectivity index (χ3n) is 1.12. The number of hydrogen-bond donors (Lipinski definition) is 0. The highest BCUT2D eigenvalue weighted by Gasteiger charge is 1.86. The van der Waals surface area contributed by atoms with Crippen LogP contribution in [0.15, 0.2) is 12.7 Å².